The molecule has 0 atom stereocenters. The Hall–Kier alpha value is -4.03. The molecule has 0 spiro atoms. The summed E-state index contributed by atoms with van der Waals surface area (Å²) in [5, 5.41) is 10.6. The summed E-state index contributed by atoms with van der Waals surface area (Å²) in [6, 6.07) is 14.6. The zero-order valence-corrected chi connectivity index (χ0v) is 19.4. The van der Waals surface area contributed by atoms with Gasteiger partial charge in [0.1, 0.15) is 6.29 Å². The monoisotopic (exact) mass is 532 g/mol. The average Bonchev–Trinajstić information content (AvgIpc) is 3.17. The van der Waals surface area contributed by atoms with Crippen LogP contribution in [0.5, 0.6) is 0 Å². The van der Waals surface area contributed by atoms with E-state index < -0.39 is 23.5 Å². The maximum absolute atomic E-state index is 13.3. The van der Waals surface area contributed by atoms with E-state index in [-0.39, 0.29) is 23.7 Å². The zero-order chi connectivity index (χ0) is 27.0. The molecule has 0 amide bonds. The zero-order valence-electron chi connectivity index (χ0n) is 18.7. The molecule has 0 aliphatic carbocycles. The Morgan fingerprint density at radius 2 is 1.54 bits per heavy atom. The van der Waals surface area contributed by atoms with E-state index in [0.29, 0.717) is 51.0 Å². The quantitative estimate of drug-likeness (QED) is 0.147. The molecule has 4 aromatic rings. The Morgan fingerprint density at radius 3 is 2.08 bits per heavy atom. The lowest BCUT2D eigenvalue weighted by molar-refractivity contribution is -0.143. The van der Waals surface area contributed by atoms with Crippen LogP contribution in [0.2, 0.25) is 5.02 Å². The van der Waals surface area contributed by atoms with Crippen LogP contribution in [0.1, 0.15) is 38.2 Å². The predicted octanol–water partition coefficient (Wildman–Crippen LogP) is 8.26. The number of aldehydes is 1. The summed E-state index contributed by atoms with van der Waals surface area (Å²) in [6.45, 7) is -0.312. The van der Waals surface area contributed by atoms with Crippen LogP contribution < -0.4 is 0 Å². The number of carbonyl (C=O) groups is 1. The standard InChI is InChI=1S/C27H15ClF6N2O/c28-23-5-6-24-20(9-19(12-35)18-3-1-16(15-37)2-4-18)14-36(25(24)11-23)13-17-7-21(26(29,30)31)10-22(8-17)27(32,33)34/h1-11,14-15H,13H2/b19-9+. The second-order valence-electron chi connectivity index (χ2n) is 8.20. The van der Waals surface area contributed by atoms with Gasteiger partial charge >= 0.3 is 12.4 Å². The van der Waals surface area contributed by atoms with Gasteiger partial charge in [-0.3, -0.25) is 4.79 Å². The summed E-state index contributed by atoms with van der Waals surface area (Å²) in [5.74, 6) is 0. The van der Waals surface area contributed by atoms with Crippen molar-refractivity contribution in [1.82, 2.24) is 4.57 Å². The van der Waals surface area contributed by atoms with Crippen LogP contribution in [0.4, 0.5) is 26.3 Å². The lowest BCUT2D eigenvalue weighted by atomic mass is 10.0. The van der Waals surface area contributed by atoms with Crippen LogP contribution in [0.3, 0.4) is 0 Å². The first-order valence-electron chi connectivity index (χ1n) is 10.6. The van der Waals surface area contributed by atoms with Gasteiger partial charge in [-0.25, -0.2) is 0 Å². The summed E-state index contributed by atoms with van der Waals surface area (Å²) >= 11 is 6.12. The van der Waals surface area contributed by atoms with E-state index >= 15 is 0 Å². The summed E-state index contributed by atoms with van der Waals surface area (Å²) in [4.78, 5) is 10.9. The van der Waals surface area contributed by atoms with Crippen molar-refractivity contribution in [2.24, 2.45) is 0 Å². The van der Waals surface area contributed by atoms with E-state index in [9.17, 15) is 36.4 Å². The first-order valence-corrected chi connectivity index (χ1v) is 11.0. The number of alkyl halides is 6. The maximum Gasteiger partial charge on any atom is 0.416 e. The third kappa shape index (κ3) is 5.70. The average molecular weight is 533 g/mol. The maximum atomic E-state index is 13.3. The molecule has 4 rings (SSSR count). The number of allylic oxidation sites excluding steroid dienone is 1. The Morgan fingerprint density at radius 1 is 0.919 bits per heavy atom. The smallest absolute Gasteiger partial charge is 0.342 e. The molecule has 3 aromatic carbocycles. The van der Waals surface area contributed by atoms with Gasteiger partial charge in [0.05, 0.1) is 28.3 Å². The summed E-state index contributed by atoms with van der Waals surface area (Å²) in [7, 11) is 0. The largest absolute Gasteiger partial charge is 0.416 e. The number of hydrogen-bond acceptors (Lipinski definition) is 2. The van der Waals surface area contributed by atoms with Gasteiger partial charge in [0.25, 0.3) is 0 Å². The third-order valence-corrected chi connectivity index (χ3v) is 5.89. The fourth-order valence-corrected chi connectivity index (χ4v) is 4.09. The molecular weight excluding hydrogens is 518 g/mol. The lowest BCUT2D eigenvalue weighted by Gasteiger charge is -2.15. The van der Waals surface area contributed by atoms with Crippen LogP contribution >= 0.6 is 11.6 Å². The molecule has 1 aromatic heterocycles. The molecule has 0 radical (unpaired) electrons. The molecule has 3 nitrogen and oxygen atoms in total. The van der Waals surface area contributed by atoms with Gasteiger partial charge in [-0.15, -0.1) is 0 Å². The first kappa shape index (κ1) is 26.0. The van der Waals surface area contributed by atoms with Crippen molar-refractivity contribution in [1.29, 1.82) is 5.26 Å². The number of nitriles is 1. The highest BCUT2D eigenvalue weighted by atomic mass is 35.5. The lowest BCUT2D eigenvalue weighted by Crippen LogP contribution is -2.12. The summed E-state index contributed by atoms with van der Waals surface area (Å²) < 4.78 is 81.4. The van der Waals surface area contributed by atoms with Crippen LogP contribution in [0, 0.1) is 11.3 Å². The normalized spacial score (nSPS) is 12.5. The number of rotatable bonds is 5. The number of hydrogen-bond donors (Lipinski definition) is 0. The Labute approximate surface area is 211 Å². The van der Waals surface area contributed by atoms with E-state index in [1.165, 1.54) is 16.8 Å². The molecule has 0 N–H and O–H groups in total. The second-order valence-corrected chi connectivity index (χ2v) is 8.63. The number of carbonyl (C=O) groups excluding carboxylic acids is 1. The minimum absolute atomic E-state index is 0.0807. The molecule has 37 heavy (non-hydrogen) atoms. The van der Waals surface area contributed by atoms with Gasteiger partial charge in [0.15, 0.2) is 0 Å². The highest BCUT2D eigenvalue weighted by Gasteiger charge is 2.36. The van der Waals surface area contributed by atoms with Gasteiger partial charge in [0, 0.05) is 34.3 Å². The fraction of sp³-hybridized carbons (Fsp3) is 0.111. The molecule has 0 saturated heterocycles. The highest BCUT2D eigenvalue weighted by Crippen LogP contribution is 2.37. The Bertz CT molecular complexity index is 1530. The second kappa shape index (κ2) is 9.79. The van der Waals surface area contributed by atoms with Crippen molar-refractivity contribution in [2.45, 2.75) is 18.9 Å². The molecule has 0 aliphatic rings. The topological polar surface area (TPSA) is 45.8 Å². The van der Waals surface area contributed by atoms with Crippen molar-refractivity contribution in [2.75, 3.05) is 0 Å². The number of aromatic nitrogens is 1. The molecule has 0 fully saturated rings. The van der Waals surface area contributed by atoms with E-state index in [1.807, 2.05) is 0 Å². The van der Waals surface area contributed by atoms with Gasteiger partial charge in [-0.05, 0) is 47.5 Å². The van der Waals surface area contributed by atoms with Crippen LogP contribution in [-0.2, 0) is 18.9 Å². The van der Waals surface area contributed by atoms with Gasteiger partial charge in [-0.2, -0.15) is 31.6 Å². The van der Waals surface area contributed by atoms with Crippen LogP contribution in [0.15, 0.2) is 66.9 Å². The minimum atomic E-state index is -4.97. The number of benzene rings is 3. The molecule has 0 unspecified atom stereocenters. The van der Waals surface area contributed by atoms with Crippen molar-refractivity contribution in [3.63, 3.8) is 0 Å². The molecule has 0 aliphatic heterocycles. The van der Waals surface area contributed by atoms with E-state index in [0.717, 1.165) is 0 Å². The molecule has 0 saturated carbocycles. The third-order valence-electron chi connectivity index (χ3n) is 5.65. The predicted molar refractivity (Wildman–Crippen MR) is 128 cm³/mol. The molecule has 10 heteroatoms. The van der Waals surface area contributed by atoms with Crippen molar-refractivity contribution in [3.05, 3.63) is 105 Å². The number of fused-ring (bicyclic) bond motifs is 1. The van der Waals surface area contributed by atoms with Crippen molar-refractivity contribution in [3.8, 4) is 6.07 Å². The number of halogens is 7. The fourth-order valence-electron chi connectivity index (χ4n) is 3.92. The Kier molecular flexibility index (Phi) is 6.89. The van der Waals surface area contributed by atoms with E-state index in [2.05, 4.69) is 6.07 Å². The van der Waals surface area contributed by atoms with Gasteiger partial charge in [-0.1, -0.05) is 41.9 Å². The number of nitrogens with zero attached hydrogens (tertiary/aromatic N) is 2. The van der Waals surface area contributed by atoms with Crippen molar-refractivity contribution < 1.29 is 31.1 Å². The van der Waals surface area contributed by atoms with Crippen LogP contribution in [-0.4, -0.2) is 10.9 Å². The summed E-state index contributed by atoms with van der Waals surface area (Å²) in [6.07, 6.45) is -6.18. The molecule has 1 heterocycles. The minimum Gasteiger partial charge on any atom is -0.342 e. The molecular formula is C27H15ClF6N2O. The van der Waals surface area contributed by atoms with Gasteiger partial charge < -0.3 is 4.57 Å². The highest BCUT2D eigenvalue weighted by molar-refractivity contribution is 6.31. The Balaban J connectivity index is 1.84. The van der Waals surface area contributed by atoms with Crippen LogP contribution in [0.25, 0.3) is 22.6 Å². The SMILES string of the molecule is N#C/C(=C\c1cn(Cc2cc(C(F)(F)F)cc(C(F)(F)F)c2)c2cc(Cl)ccc12)c1ccc(C=O)cc1. The van der Waals surface area contributed by atoms with Gasteiger partial charge in [0.2, 0.25) is 0 Å². The first-order chi connectivity index (χ1) is 17.4. The molecule has 188 valence electrons. The summed E-state index contributed by atoms with van der Waals surface area (Å²) in [5.41, 5.74) is -0.870. The van der Waals surface area contributed by atoms with Crippen molar-refractivity contribution >= 4 is 40.4 Å². The molecule has 0 bridgehead atoms. The van der Waals surface area contributed by atoms with E-state index in [4.69, 9.17) is 11.6 Å². The van der Waals surface area contributed by atoms with E-state index in [1.54, 1.807) is 42.5 Å².